The van der Waals surface area contributed by atoms with Gasteiger partial charge < -0.3 is 10.7 Å². The maximum absolute atomic E-state index is 5.77. The van der Waals surface area contributed by atoms with E-state index in [1.165, 1.54) is 5.56 Å². The molecular weight excluding hydrogens is 268 g/mol. The van der Waals surface area contributed by atoms with E-state index < -0.39 is 0 Å². The summed E-state index contributed by atoms with van der Waals surface area (Å²) >= 11 is 1.69. The van der Waals surface area contributed by atoms with E-state index in [-0.39, 0.29) is 0 Å². The van der Waals surface area contributed by atoms with Crippen molar-refractivity contribution in [2.45, 2.75) is 24.6 Å². The molecular formula is C15H16N4S. The van der Waals surface area contributed by atoms with Gasteiger partial charge in [-0.1, -0.05) is 11.8 Å². The molecule has 0 aliphatic heterocycles. The smallest absolute Gasteiger partial charge is 0.117 e. The highest BCUT2D eigenvalue weighted by Gasteiger charge is 2.05. The molecule has 0 bridgehead atoms. The third-order valence-corrected chi connectivity index (χ3v) is 3.91. The highest BCUT2D eigenvalue weighted by Crippen LogP contribution is 2.23. The predicted molar refractivity (Wildman–Crippen MR) is 83.8 cm³/mol. The van der Waals surface area contributed by atoms with E-state index >= 15 is 0 Å². The number of imidazole rings is 1. The number of anilines is 1. The van der Waals surface area contributed by atoms with Crippen molar-refractivity contribution in [1.82, 2.24) is 15.0 Å². The monoisotopic (exact) mass is 284 g/mol. The lowest BCUT2D eigenvalue weighted by atomic mass is 10.3. The molecule has 3 aromatic rings. The second-order valence-electron chi connectivity index (χ2n) is 4.87. The summed E-state index contributed by atoms with van der Waals surface area (Å²) in [7, 11) is 0. The van der Waals surface area contributed by atoms with Crippen LogP contribution in [0, 0.1) is 13.8 Å². The molecule has 0 atom stereocenters. The van der Waals surface area contributed by atoms with Gasteiger partial charge in [-0.3, -0.25) is 0 Å². The number of fused-ring (bicyclic) bond motifs is 1. The molecule has 0 saturated carbocycles. The fraction of sp³-hybridized carbons (Fsp3) is 0.200. The standard InChI is InChI=1S/C15H16N4S/c1-9-5-10(2)17-15(6-9)20-8-14-18-12-4-3-11(16)7-13(12)19-14/h3-7H,8,16H2,1-2H3,(H,18,19). The SMILES string of the molecule is Cc1cc(C)nc(SCc2nc3ccc(N)cc3[nH]2)c1. The Bertz CT molecular complexity index is 743. The molecule has 4 nitrogen and oxygen atoms in total. The van der Waals surface area contributed by atoms with Gasteiger partial charge in [0.25, 0.3) is 0 Å². The molecule has 0 saturated heterocycles. The number of nitrogens with one attached hydrogen (secondary N) is 1. The molecule has 5 heteroatoms. The van der Waals surface area contributed by atoms with E-state index in [4.69, 9.17) is 5.73 Å². The van der Waals surface area contributed by atoms with Gasteiger partial charge >= 0.3 is 0 Å². The average molecular weight is 284 g/mol. The number of H-pyrrole nitrogens is 1. The van der Waals surface area contributed by atoms with Gasteiger partial charge in [-0.25, -0.2) is 9.97 Å². The van der Waals surface area contributed by atoms with Crippen LogP contribution in [0.15, 0.2) is 35.4 Å². The van der Waals surface area contributed by atoms with Crippen LogP contribution in [0.4, 0.5) is 5.69 Å². The van der Waals surface area contributed by atoms with Crippen LogP contribution in [0.25, 0.3) is 11.0 Å². The van der Waals surface area contributed by atoms with Crippen LogP contribution in [0.2, 0.25) is 0 Å². The van der Waals surface area contributed by atoms with Crippen LogP contribution in [0.5, 0.6) is 0 Å². The highest BCUT2D eigenvalue weighted by atomic mass is 32.2. The first kappa shape index (κ1) is 13.0. The third-order valence-electron chi connectivity index (χ3n) is 2.99. The van der Waals surface area contributed by atoms with Crippen molar-refractivity contribution in [2.75, 3.05) is 5.73 Å². The van der Waals surface area contributed by atoms with Crippen LogP contribution in [-0.4, -0.2) is 15.0 Å². The van der Waals surface area contributed by atoms with Gasteiger partial charge in [0.1, 0.15) is 5.82 Å². The number of aryl methyl sites for hydroxylation is 2. The van der Waals surface area contributed by atoms with Gasteiger partial charge in [0, 0.05) is 11.4 Å². The normalized spacial score (nSPS) is 11.1. The number of aromatic amines is 1. The van der Waals surface area contributed by atoms with E-state index in [9.17, 15) is 0 Å². The largest absolute Gasteiger partial charge is 0.399 e. The Labute approximate surface area is 121 Å². The molecule has 0 unspecified atom stereocenters. The molecule has 0 aliphatic rings. The first-order valence-electron chi connectivity index (χ1n) is 6.42. The molecule has 0 amide bonds. The van der Waals surface area contributed by atoms with Crippen LogP contribution < -0.4 is 5.73 Å². The van der Waals surface area contributed by atoms with Gasteiger partial charge in [-0.05, 0) is 49.7 Å². The van der Waals surface area contributed by atoms with E-state index in [0.717, 1.165) is 39.0 Å². The molecule has 3 N–H and O–H groups in total. The molecule has 2 heterocycles. The number of aromatic nitrogens is 3. The Balaban J connectivity index is 1.79. The number of rotatable bonds is 3. The number of hydrogen-bond donors (Lipinski definition) is 2. The highest BCUT2D eigenvalue weighted by molar-refractivity contribution is 7.98. The molecule has 0 aliphatic carbocycles. The van der Waals surface area contributed by atoms with Crippen molar-refractivity contribution in [3.63, 3.8) is 0 Å². The summed E-state index contributed by atoms with van der Waals surface area (Å²) in [5.74, 6) is 1.71. The number of benzene rings is 1. The molecule has 3 rings (SSSR count). The molecule has 102 valence electrons. The van der Waals surface area contributed by atoms with Gasteiger partial charge in [0.15, 0.2) is 0 Å². The van der Waals surface area contributed by atoms with E-state index in [2.05, 4.69) is 34.0 Å². The maximum atomic E-state index is 5.77. The van der Waals surface area contributed by atoms with Crippen molar-refractivity contribution in [3.05, 3.63) is 47.4 Å². The Morgan fingerprint density at radius 1 is 1.15 bits per heavy atom. The fourth-order valence-electron chi connectivity index (χ4n) is 2.17. The lowest BCUT2D eigenvalue weighted by Crippen LogP contribution is -1.89. The van der Waals surface area contributed by atoms with E-state index in [0.29, 0.717) is 0 Å². The third kappa shape index (κ3) is 2.77. The Kier molecular flexibility index (Phi) is 3.36. The summed E-state index contributed by atoms with van der Waals surface area (Å²) in [6, 6.07) is 9.88. The first-order valence-corrected chi connectivity index (χ1v) is 7.41. The number of nitrogen functional groups attached to an aromatic ring is 1. The van der Waals surface area contributed by atoms with Crippen molar-refractivity contribution in [3.8, 4) is 0 Å². The summed E-state index contributed by atoms with van der Waals surface area (Å²) in [6.45, 7) is 4.10. The zero-order chi connectivity index (χ0) is 14.1. The average Bonchev–Trinajstić information content (AvgIpc) is 2.77. The summed E-state index contributed by atoms with van der Waals surface area (Å²) < 4.78 is 0. The summed E-state index contributed by atoms with van der Waals surface area (Å²) in [4.78, 5) is 12.4. The van der Waals surface area contributed by atoms with Gasteiger partial charge in [0.05, 0.1) is 21.8 Å². The van der Waals surface area contributed by atoms with Crippen LogP contribution in [0.1, 0.15) is 17.1 Å². The van der Waals surface area contributed by atoms with Crippen molar-refractivity contribution >= 4 is 28.5 Å². The molecule has 20 heavy (non-hydrogen) atoms. The first-order chi connectivity index (χ1) is 9.60. The Morgan fingerprint density at radius 3 is 2.80 bits per heavy atom. The lowest BCUT2D eigenvalue weighted by molar-refractivity contribution is 1.04. The molecule has 0 fully saturated rings. The van der Waals surface area contributed by atoms with Crippen LogP contribution in [0.3, 0.4) is 0 Å². The minimum atomic E-state index is 0.747. The van der Waals surface area contributed by atoms with Crippen LogP contribution in [-0.2, 0) is 5.75 Å². The predicted octanol–water partition coefficient (Wildman–Crippen LogP) is 3.45. The number of thioether (sulfide) groups is 1. The van der Waals surface area contributed by atoms with E-state index in [1.807, 2.05) is 25.1 Å². The maximum Gasteiger partial charge on any atom is 0.117 e. The van der Waals surface area contributed by atoms with Gasteiger partial charge in [-0.15, -0.1) is 0 Å². The number of pyridine rings is 1. The number of nitrogens with two attached hydrogens (primary N) is 1. The lowest BCUT2D eigenvalue weighted by Gasteiger charge is -2.02. The summed E-state index contributed by atoms with van der Waals surface area (Å²) in [6.07, 6.45) is 0. The molecule has 0 spiro atoms. The van der Waals surface area contributed by atoms with Crippen LogP contribution >= 0.6 is 11.8 Å². The quantitative estimate of drug-likeness (QED) is 0.571. The van der Waals surface area contributed by atoms with Crippen molar-refractivity contribution in [1.29, 1.82) is 0 Å². The second-order valence-corrected chi connectivity index (χ2v) is 5.87. The topological polar surface area (TPSA) is 67.6 Å². The Morgan fingerprint density at radius 2 is 2.00 bits per heavy atom. The number of hydrogen-bond acceptors (Lipinski definition) is 4. The van der Waals surface area contributed by atoms with E-state index in [1.54, 1.807) is 11.8 Å². The van der Waals surface area contributed by atoms with Crippen molar-refractivity contribution in [2.24, 2.45) is 0 Å². The molecule has 2 aromatic heterocycles. The van der Waals surface area contributed by atoms with Crippen molar-refractivity contribution < 1.29 is 0 Å². The summed E-state index contributed by atoms with van der Waals surface area (Å²) in [5.41, 5.74) is 10.7. The molecule has 0 radical (unpaired) electrons. The minimum absolute atomic E-state index is 0.747. The Hall–Kier alpha value is -2.01. The summed E-state index contributed by atoms with van der Waals surface area (Å²) in [5, 5.41) is 1.03. The van der Waals surface area contributed by atoms with Gasteiger partial charge in [0.2, 0.25) is 0 Å². The minimum Gasteiger partial charge on any atom is -0.399 e. The van der Waals surface area contributed by atoms with Gasteiger partial charge in [-0.2, -0.15) is 0 Å². The fourth-order valence-corrected chi connectivity index (χ4v) is 3.07. The number of nitrogens with zero attached hydrogens (tertiary/aromatic N) is 2. The zero-order valence-corrected chi connectivity index (χ0v) is 12.3. The second kappa shape index (κ2) is 5.17. The zero-order valence-electron chi connectivity index (χ0n) is 11.5. The molecule has 1 aromatic carbocycles.